The number of thiazole rings is 1. The fourth-order valence-electron chi connectivity index (χ4n) is 2.44. The molecule has 24 heavy (non-hydrogen) atoms. The molecule has 0 saturated heterocycles. The van der Waals surface area contributed by atoms with Gasteiger partial charge in [0.1, 0.15) is 5.75 Å². The topological polar surface area (TPSA) is 51.2 Å². The van der Waals surface area contributed by atoms with Crippen LogP contribution in [-0.4, -0.2) is 17.9 Å². The van der Waals surface area contributed by atoms with E-state index in [1.54, 1.807) is 20.1 Å². The minimum atomic E-state index is 0.0483. The first-order valence-electron chi connectivity index (χ1n) is 7.55. The Morgan fingerprint density at radius 3 is 2.75 bits per heavy atom. The number of aryl methyl sites for hydroxylation is 1. The van der Waals surface area contributed by atoms with Crippen LogP contribution in [0.5, 0.6) is 5.75 Å². The predicted octanol–water partition coefficient (Wildman–Crippen LogP) is 5.07. The SMILES string of the molecule is COc1ccc(-c2csc(Nc3cccc(C(C)=O)c3)n2)cc1C. The van der Waals surface area contributed by atoms with Crippen molar-refractivity contribution >= 4 is 27.9 Å². The van der Waals surface area contributed by atoms with Gasteiger partial charge >= 0.3 is 0 Å². The van der Waals surface area contributed by atoms with Crippen molar-refractivity contribution in [3.05, 3.63) is 59.0 Å². The van der Waals surface area contributed by atoms with Crippen LogP contribution in [0.25, 0.3) is 11.3 Å². The molecular formula is C19H18N2O2S. The largest absolute Gasteiger partial charge is 0.496 e. The summed E-state index contributed by atoms with van der Waals surface area (Å²) < 4.78 is 5.29. The summed E-state index contributed by atoms with van der Waals surface area (Å²) in [6.45, 7) is 3.58. The maximum atomic E-state index is 11.5. The number of hydrogen-bond donors (Lipinski definition) is 1. The quantitative estimate of drug-likeness (QED) is 0.660. The van der Waals surface area contributed by atoms with Crippen LogP contribution in [0.15, 0.2) is 47.8 Å². The standard InChI is InChI=1S/C19H18N2O2S/c1-12-9-15(7-8-18(12)23-3)17-11-24-19(21-17)20-16-6-4-5-14(10-16)13(2)22/h4-11H,1-3H3,(H,20,21). The van der Waals surface area contributed by atoms with Gasteiger partial charge in [-0.2, -0.15) is 0 Å². The van der Waals surface area contributed by atoms with Gasteiger partial charge in [-0.25, -0.2) is 4.98 Å². The van der Waals surface area contributed by atoms with Crippen molar-refractivity contribution in [2.75, 3.05) is 12.4 Å². The lowest BCUT2D eigenvalue weighted by Crippen LogP contribution is -1.95. The second kappa shape index (κ2) is 6.84. The fraction of sp³-hybridized carbons (Fsp3) is 0.158. The molecule has 0 radical (unpaired) electrons. The molecular weight excluding hydrogens is 320 g/mol. The molecule has 0 aliphatic heterocycles. The number of ketones is 1. The van der Waals surface area contributed by atoms with Gasteiger partial charge in [-0.15, -0.1) is 11.3 Å². The minimum absolute atomic E-state index is 0.0483. The van der Waals surface area contributed by atoms with E-state index < -0.39 is 0 Å². The molecule has 1 aromatic heterocycles. The van der Waals surface area contributed by atoms with Crippen molar-refractivity contribution in [1.29, 1.82) is 0 Å². The van der Waals surface area contributed by atoms with E-state index in [4.69, 9.17) is 4.74 Å². The second-order valence-corrected chi connectivity index (χ2v) is 6.34. The molecule has 3 rings (SSSR count). The second-order valence-electron chi connectivity index (χ2n) is 5.48. The van der Waals surface area contributed by atoms with Crippen LogP contribution in [0.2, 0.25) is 0 Å². The number of carbonyl (C=O) groups excluding carboxylic acids is 1. The highest BCUT2D eigenvalue weighted by Crippen LogP contribution is 2.30. The van der Waals surface area contributed by atoms with Crippen molar-refractivity contribution in [1.82, 2.24) is 4.98 Å². The number of anilines is 2. The Balaban J connectivity index is 1.82. The lowest BCUT2D eigenvalue weighted by atomic mass is 10.1. The molecule has 5 heteroatoms. The number of rotatable bonds is 5. The molecule has 0 amide bonds. The Morgan fingerprint density at radius 2 is 2.04 bits per heavy atom. The number of nitrogens with zero attached hydrogens (tertiary/aromatic N) is 1. The number of carbonyl (C=O) groups is 1. The Bertz CT molecular complexity index is 887. The molecule has 122 valence electrons. The summed E-state index contributed by atoms with van der Waals surface area (Å²) in [5, 5.41) is 6.06. The third kappa shape index (κ3) is 3.46. The highest BCUT2D eigenvalue weighted by molar-refractivity contribution is 7.14. The Kier molecular flexibility index (Phi) is 4.62. The summed E-state index contributed by atoms with van der Waals surface area (Å²) in [5.74, 6) is 0.917. The third-order valence-electron chi connectivity index (χ3n) is 3.72. The van der Waals surface area contributed by atoms with Gasteiger partial charge in [0.15, 0.2) is 10.9 Å². The van der Waals surface area contributed by atoms with Gasteiger partial charge in [0.2, 0.25) is 0 Å². The van der Waals surface area contributed by atoms with E-state index in [-0.39, 0.29) is 5.78 Å². The van der Waals surface area contributed by atoms with Gasteiger partial charge in [0, 0.05) is 22.2 Å². The van der Waals surface area contributed by atoms with E-state index in [1.807, 2.05) is 42.6 Å². The van der Waals surface area contributed by atoms with Crippen LogP contribution in [0.3, 0.4) is 0 Å². The first-order valence-corrected chi connectivity index (χ1v) is 8.43. The summed E-state index contributed by atoms with van der Waals surface area (Å²) in [6.07, 6.45) is 0. The normalized spacial score (nSPS) is 10.5. The summed E-state index contributed by atoms with van der Waals surface area (Å²) in [4.78, 5) is 16.1. The molecule has 4 nitrogen and oxygen atoms in total. The van der Waals surface area contributed by atoms with E-state index in [2.05, 4.69) is 16.4 Å². The zero-order valence-electron chi connectivity index (χ0n) is 13.8. The number of hydrogen-bond acceptors (Lipinski definition) is 5. The average Bonchev–Trinajstić information content (AvgIpc) is 3.03. The number of ether oxygens (including phenoxy) is 1. The van der Waals surface area contributed by atoms with Crippen molar-refractivity contribution in [3.63, 3.8) is 0 Å². The summed E-state index contributed by atoms with van der Waals surface area (Å²) >= 11 is 1.53. The van der Waals surface area contributed by atoms with E-state index in [0.717, 1.165) is 33.4 Å². The summed E-state index contributed by atoms with van der Waals surface area (Å²) in [6, 6.07) is 13.4. The molecule has 3 aromatic rings. The third-order valence-corrected chi connectivity index (χ3v) is 4.47. The van der Waals surface area contributed by atoms with E-state index in [0.29, 0.717) is 5.56 Å². The Morgan fingerprint density at radius 1 is 1.21 bits per heavy atom. The monoisotopic (exact) mass is 338 g/mol. The zero-order valence-corrected chi connectivity index (χ0v) is 14.6. The van der Waals surface area contributed by atoms with E-state index in [9.17, 15) is 4.79 Å². The molecule has 0 fully saturated rings. The molecule has 0 aliphatic rings. The highest BCUT2D eigenvalue weighted by atomic mass is 32.1. The first kappa shape index (κ1) is 16.2. The molecule has 1 N–H and O–H groups in total. The molecule has 1 heterocycles. The number of Topliss-reactive ketones (excluding diaryl/α,β-unsaturated/α-hetero) is 1. The molecule has 0 bridgehead atoms. The average molecular weight is 338 g/mol. The van der Waals surface area contributed by atoms with Crippen LogP contribution in [-0.2, 0) is 0 Å². The van der Waals surface area contributed by atoms with Crippen molar-refractivity contribution in [2.24, 2.45) is 0 Å². The number of benzene rings is 2. The van der Waals surface area contributed by atoms with Gasteiger partial charge in [-0.05, 0) is 49.7 Å². The van der Waals surface area contributed by atoms with Crippen LogP contribution in [0.4, 0.5) is 10.8 Å². The van der Waals surface area contributed by atoms with Crippen molar-refractivity contribution in [3.8, 4) is 17.0 Å². The van der Waals surface area contributed by atoms with Crippen LogP contribution in [0.1, 0.15) is 22.8 Å². The fourth-order valence-corrected chi connectivity index (χ4v) is 3.18. The van der Waals surface area contributed by atoms with E-state index >= 15 is 0 Å². The lowest BCUT2D eigenvalue weighted by molar-refractivity contribution is 0.101. The molecule has 0 atom stereocenters. The number of aromatic nitrogens is 1. The molecule has 0 aliphatic carbocycles. The summed E-state index contributed by atoms with van der Waals surface area (Å²) in [7, 11) is 1.67. The summed E-state index contributed by atoms with van der Waals surface area (Å²) in [5.41, 5.74) is 4.58. The zero-order chi connectivity index (χ0) is 17.1. The maximum Gasteiger partial charge on any atom is 0.187 e. The first-order chi connectivity index (χ1) is 11.6. The van der Waals surface area contributed by atoms with Gasteiger partial charge in [0.05, 0.1) is 12.8 Å². The van der Waals surface area contributed by atoms with Crippen molar-refractivity contribution < 1.29 is 9.53 Å². The van der Waals surface area contributed by atoms with Crippen molar-refractivity contribution in [2.45, 2.75) is 13.8 Å². The maximum absolute atomic E-state index is 11.5. The number of nitrogens with one attached hydrogen (secondary N) is 1. The van der Waals surface area contributed by atoms with Crippen LogP contribution in [0, 0.1) is 6.92 Å². The van der Waals surface area contributed by atoms with E-state index in [1.165, 1.54) is 11.3 Å². The molecule has 0 spiro atoms. The van der Waals surface area contributed by atoms with Gasteiger partial charge in [-0.1, -0.05) is 12.1 Å². The van der Waals surface area contributed by atoms with Gasteiger partial charge < -0.3 is 10.1 Å². The Labute approximate surface area is 145 Å². The van der Waals surface area contributed by atoms with Crippen LogP contribution >= 0.6 is 11.3 Å². The highest BCUT2D eigenvalue weighted by Gasteiger charge is 2.08. The van der Waals surface area contributed by atoms with Gasteiger partial charge in [-0.3, -0.25) is 4.79 Å². The predicted molar refractivity (Wildman–Crippen MR) is 98.6 cm³/mol. The molecule has 0 unspecified atom stereocenters. The lowest BCUT2D eigenvalue weighted by Gasteiger charge is -2.06. The van der Waals surface area contributed by atoms with Crippen LogP contribution < -0.4 is 10.1 Å². The smallest absolute Gasteiger partial charge is 0.187 e. The number of methoxy groups -OCH3 is 1. The minimum Gasteiger partial charge on any atom is -0.496 e. The molecule has 2 aromatic carbocycles. The molecule has 0 saturated carbocycles. The van der Waals surface area contributed by atoms with Gasteiger partial charge in [0.25, 0.3) is 0 Å². The Hall–Kier alpha value is -2.66.